The maximum atomic E-state index is 12.3. The van der Waals surface area contributed by atoms with Crippen LogP contribution in [0.25, 0.3) is 0 Å². The number of ether oxygens (including phenoxy) is 2. The van der Waals surface area contributed by atoms with Gasteiger partial charge in [0.05, 0.1) is 7.11 Å². The molecule has 0 bridgehead atoms. The number of alkyl carbamates (subject to hydrolysis) is 1. The van der Waals surface area contributed by atoms with Crippen molar-refractivity contribution in [3.05, 3.63) is 24.3 Å². The molecule has 7 nitrogen and oxygen atoms in total. The fourth-order valence-electron chi connectivity index (χ4n) is 2.91. The Labute approximate surface area is 161 Å². The second-order valence-electron chi connectivity index (χ2n) is 7.60. The molecular formula is C20H31N3O4. The monoisotopic (exact) mass is 377 g/mol. The molecule has 1 aromatic carbocycles. The number of hydrogen-bond acceptors (Lipinski definition) is 5. The first-order chi connectivity index (χ1) is 12.8. The number of carbonyl (C=O) groups is 2. The molecule has 1 aromatic rings. The Morgan fingerprint density at radius 1 is 1.07 bits per heavy atom. The topological polar surface area (TPSA) is 71.1 Å². The Morgan fingerprint density at radius 3 is 2.26 bits per heavy atom. The van der Waals surface area contributed by atoms with Crippen molar-refractivity contribution in [1.82, 2.24) is 10.2 Å². The Balaban J connectivity index is 1.66. The molecule has 2 rings (SSSR count). The van der Waals surface area contributed by atoms with Gasteiger partial charge < -0.3 is 24.6 Å². The first-order valence-corrected chi connectivity index (χ1v) is 9.42. The highest BCUT2D eigenvalue weighted by molar-refractivity contribution is 5.76. The van der Waals surface area contributed by atoms with Gasteiger partial charge >= 0.3 is 6.09 Å². The minimum atomic E-state index is -0.510. The Kier molecular flexibility index (Phi) is 7.33. The van der Waals surface area contributed by atoms with E-state index in [9.17, 15) is 9.59 Å². The zero-order valence-electron chi connectivity index (χ0n) is 16.8. The van der Waals surface area contributed by atoms with Gasteiger partial charge in [-0.2, -0.15) is 0 Å². The Bertz CT molecular complexity index is 617. The SMILES string of the molecule is COc1ccc(N2CCN(C(=O)CCCNC(=O)OC(C)(C)C)CC2)cc1. The summed E-state index contributed by atoms with van der Waals surface area (Å²) in [6.07, 6.45) is 0.595. The van der Waals surface area contributed by atoms with E-state index >= 15 is 0 Å². The lowest BCUT2D eigenvalue weighted by Crippen LogP contribution is -2.48. The number of anilines is 1. The molecular weight excluding hydrogens is 346 g/mol. The largest absolute Gasteiger partial charge is 0.497 e. The summed E-state index contributed by atoms with van der Waals surface area (Å²) < 4.78 is 10.4. The van der Waals surface area contributed by atoms with Crippen LogP contribution in [0, 0.1) is 0 Å². The number of nitrogens with zero attached hydrogens (tertiary/aromatic N) is 2. The molecule has 27 heavy (non-hydrogen) atoms. The summed E-state index contributed by atoms with van der Waals surface area (Å²) in [5, 5.41) is 2.69. The highest BCUT2D eigenvalue weighted by Gasteiger charge is 2.21. The van der Waals surface area contributed by atoms with E-state index in [1.807, 2.05) is 49.9 Å². The standard InChI is InChI=1S/C20H31N3O4/c1-20(2,3)27-19(25)21-11-5-6-18(24)23-14-12-22(13-15-23)16-7-9-17(26-4)10-8-16/h7-10H,5-6,11-15H2,1-4H3,(H,21,25). The third-order valence-corrected chi connectivity index (χ3v) is 4.31. The molecule has 1 aliphatic heterocycles. The van der Waals surface area contributed by atoms with E-state index in [-0.39, 0.29) is 5.91 Å². The zero-order chi connectivity index (χ0) is 19.9. The van der Waals surface area contributed by atoms with Crippen molar-refractivity contribution >= 4 is 17.7 Å². The lowest BCUT2D eigenvalue weighted by Gasteiger charge is -2.36. The smallest absolute Gasteiger partial charge is 0.407 e. The van der Waals surface area contributed by atoms with Gasteiger partial charge in [0.2, 0.25) is 5.91 Å². The van der Waals surface area contributed by atoms with Crippen LogP contribution in [0.3, 0.4) is 0 Å². The number of benzene rings is 1. The summed E-state index contributed by atoms with van der Waals surface area (Å²) in [5.74, 6) is 0.975. The third kappa shape index (κ3) is 7.00. The van der Waals surface area contributed by atoms with Gasteiger partial charge in [-0.3, -0.25) is 4.79 Å². The van der Waals surface area contributed by atoms with E-state index in [1.165, 1.54) is 0 Å². The molecule has 0 aromatic heterocycles. The first-order valence-electron chi connectivity index (χ1n) is 9.42. The van der Waals surface area contributed by atoms with Crippen LogP contribution < -0.4 is 15.0 Å². The fourth-order valence-corrected chi connectivity index (χ4v) is 2.91. The number of amides is 2. The normalized spacial score (nSPS) is 14.7. The maximum Gasteiger partial charge on any atom is 0.407 e. The van der Waals surface area contributed by atoms with Crippen molar-refractivity contribution in [1.29, 1.82) is 0 Å². The molecule has 0 radical (unpaired) electrons. The molecule has 7 heteroatoms. The average molecular weight is 377 g/mol. The number of carbonyl (C=O) groups excluding carboxylic acids is 2. The molecule has 1 aliphatic rings. The van der Waals surface area contributed by atoms with E-state index in [4.69, 9.17) is 9.47 Å². The fraction of sp³-hybridized carbons (Fsp3) is 0.600. The minimum absolute atomic E-state index is 0.135. The van der Waals surface area contributed by atoms with Crippen molar-refractivity contribution in [2.45, 2.75) is 39.2 Å². The van der Waals surface area contributed by atoms with Gasteiger partial charge in [0, 0.05) is 44.8 Å². The van der Waals surface area contributed by atoms with Crippen LogP contribution in [-0.4, -0.2) is 62.3 Å². The van der Waals surface area contributed by atoms with E-state index in [2.05, 4.69) is 10.2 Å². The molecule has 0 saturated carbocycles. The minimum Gasteiger partial charge on any atom is -0.497 e. The highest BCUT2D eigenvalue weighted by Crippen LogP contribution is 2.20. The molecule has 1 N–H and O–H groups in total. The van der Waals surface area contributed by atoms with Crippen molar-refractivity contribution < 1.29 is 19.1 Å². The molecule has 1 heterocycles. The van der Waals surface area contributed by atoms with Crippen molar-refractivity contribution in [2.24, 2.45) is 0 Å². The summed E-state index contributed by atoms with van der Waals surface area (Å²) >= 11 is 0. The van der Waals surface area contributed by atoms with Gasteiger partial charge in [-0.25, -0.2) is 4.79 Å². The van der Waals surface area contributed by atoms with Crippen LogP contribution in [0.15, 0.2) is 24.3 Å². The summed E-state index contributed by atoms with van der Waals surface area (Å²) in [6, 6.07) is 7.98. The van der Waals surface area contributed by atoms with Gasteiger partial charge in [0.25, 0.3) is 0 Å². The van der Waals surface area contributed by atoms with Gasteiger partial charge in [-0.1, -0.05) is 0 Å². The first kappa shape index (κ1) is 20.9. The van der Waals surface area contributed by atoms with Crippen LogP contribution in [0.4, 0.5) is 10.5 Å². The predicted octanol–water partition coefficient (Wildman–Crippen LogP) is 2.65. The molecule has 150 valence electrons. The number of rotatable bonds is 6. The third-order valence-electron chi connectivity index (χ3n) is 4.31. The highest BCUT2D eigenvalue weighted by atomic mass is 16.6. The van der Waals surface area contributed by atoms with Crippen molar-refractivity contribution in [3.8, 4) is 5.75 Å². The summed E-state index contributed by atoms with van der Waals surface area (Å²) in [4.78, 5) is 28.1. The van der Waals surface area contributed by atoms with Crippen LogP contribution in [0.5, 0.6) is 5.75 Å². The maximum absolute atomic E-state index is 12.3. The van der Waals surface area contributed by atoms with E-state index in [0.717, 1.165) is 24.5 Å². The molecule has 0 atom stereocenters. The molecule has 1 fully saturated rings. The second kappa shape index (κ2) is 9.48. The van der Waals surface area contributed by atoms with Crippen LogP contribution in [0.2, 0.25) is 0 Å². The van der Waals surface area contributed by atoms with Gasteiger partial charge in [0.15, 0.2) is 0 Å². The lowest BCUT2D eigenvalue weighted by atomic mass is 10.2. The van der Waals surface area contributed by atoms with Gasteiger partial charge in [-0.05, 0) is 51.5 Å². The number of nitrogens with one attached hydrogen (secondary N) is 1. The number of methoxy groups -OCH3 is 1. The zero-order valence-corrected chi connectivity index (χ0v) is 16.8. The van der Waals surface area contributed by atoms with Crippen LogP contribution >= 0.6 is 0 Å². The average Bonchev–Trinajstić information content (AvgIpc) is 2.64. The molecule has 2 amide bonds. The summed E-state index contributed by atoms with van der Waals surface area (Å²) in [5.41, 5.74) is 0.633. The quantitative estimate of drug-likeness (QED) is 0.772. The van der Waals surface area contributed by atoms with Gasteiger partial charge in [0.1, 0.15) is 11.4 Å². The Morgan fingerprint density at radius 2 is 1.70 bits per heavy atom. The number of piperazine rings is 1. The molecule has 0 aliphatic carbocycles. The van der Waals surface area contributed by atoms with E-state index in [0.29, 0.717) is 32.5 Å². The van der Waals surface area contributed by atoms with Crippen LogP contribution in [0.1, 0.15) is 33.6 Å². The Hall–Kier alpha value is -2.44. The van der Waals surface area contributed by atoms with E-state index < -0.39 is 11.7 Å². The predicted molar refractivity (Wildman–Crippen MR) is 105 cm³/mol. The summed E-state index contributed by atoms with van der Waals surface area (Å²) in [6.45, 7) is 8.95. The van der Waals surface area contributed by atoms with Crippen molar-refractivity contribution in [2.75, 3.05) is 44.7 Å². The lowest BCUT2D eigenvalue weighted by molar-refractivity contribution is -0.131. The summed E-state index contributed by atoms with van der Waals surface area (Å²) in [7, 11) is 1.66. The number of hydrogen-bond donors (Lipinski definition) is 1. The molecule has 1 saturated heterocycles. The van der Waals surface area contributed by atoms with Crippen molar-refractivity contribution in [3.63, 3.8) is 0 Å². The van der Waals surface area contributed by atoms with E-state index in [1.54, 1.807) is 7.11 Å². The molecule has 0 unspecified atom stereocenters. The molecule has 0 spiro atoms. The second-order valence-corrected chi connectivity index (χ2v) is 7.60. The van der Waals surface area contributed by atoms with Crippen LogP contribution in [-0.2, 0) is 9.53 Å². The van der Waals surface area contributed by atoms with Gasteiger partial charge in [-0.15, -0.1) is 0 Å².